The summed E-state index contributed by atoms with van der Waals surface area (Å²) in [6.45, 7) is 4.89. The molecule has 0 spiro atoms. The number of hydrogen-bond donors (Lipinski definition) is 2. The lowest BCUT2D eigenvalue weighted by molar-refractivity contribution is -0.0138. The molecule has 1 aromatic rings. The van der Waals surface area contributed by atoms with Crippen LogP contribution < -0.4 is 5.32 Å². The van der Waals surface area contributed by atoms with Crippen molar-refractivity contribution >= 4 is 0 Å². The third kappa shape index (κ3) is 2.56. The largest absolute Gasteiger partial charge is 0.374 e. The first kappa shape index (κ1) is 10.6. The number of aliphatic hydroxyl groups is 1. The van der Waals surface area contributed by atoms with E-state index in [0.29, 0.717) is 6.04 Å². The summed E-state index contributed by atoms with van der Waals surface area (Å²) >= 11 is 0. The molecule has 1 saturated heterocycles. The maximum absolute atomic E-state index is 10.2. The van der Waals surface area contributed by atoms with Crippen LogP contribution in [-0.4, -0.2) is 35.7 Å². The van der Waals surface area contributed by atoms with Crippen molar-refractivity contribution in [2.75, 3.05) is 19.6 Å². The number of benzene rings is 1. The summed E-state index contributed by atoms with van der Waals surface area (Å²) in [5.41, 5.74) is 0.978. The van der Waals surface area contributed by atoms with Crippen molar-refractivity contribution in [3.05, 3.63) is 35.9 Å². The standard InChI is InChI=1S/C12H18N2O/c1-10-9-14(8-7-13-10)12(15)11-5-3-2-4-6-11/h2-6,10,12-13,15H,7-9H2,1H3. The van der Waals surface area contributed by atoms with Crippen molar-refractivity contribution in [3.8, 4) is 0 Å². The van der Waals surface area contributed by atoms with E-state index in [9.17, 15) is 5.11 Å². The number of nitrogens with one attached hydrogen (secondary N) is 1. The smallest absolute Gasteiger partial charge is 0.133 e. The third-order valence-corrected chi connectivity index (χ3v) is 2.84. The van der Waals surface area contributed by atoms with Gasteiger partial charge >= 0.3 is 0 Å². The summed E-state index contributed by atoms with van der Waals surface area (Å²) in [6.07, 6.45) is -0.462. The molecule has 82 valence electrons. The van der Waals surface area contributed by atoms with Crippen LogP contribution in [0.3, 0.4) is 0 Å². The summed E-state index contributed by atoms with van der Waals surface area (Å²) in [4.78, 5) is 2.11. The molecule has 1 heterocycles. The highest BCUT2D eigenvalue weighted by Crippen LogP contribution is 2.18. The second kappa shape index (κ2) is 4.75. The first-order valence-electron chi connectivity index (χ1n) is 5.48. The maximum atomic E-state index is 10.2. The van der Waals surface area contributed by atoms with Gasteiger partial charge in [-0.3, -0.25) is 4.90 Å². The van der Waals surface area contributed by atoms with Gasteiger partial charge in [-0.15, -0.1) is 0 Å². The van der Waals surface area contributed by atoms with Gasteiger partial charge in [-0.1, -0.05) is 30.3 Å². The van der Waals surface area contributed by atoms with Crippen LogP contribution in [0.2, 0.25) is 0 Å². The summed E-state index contributed by atoms with van der Waals surface area (Å²) in [7, 11) is 0. The minimum Gasteiger partial charge on any atom is -0.374 e. The fraction of sp³-hybridized carbons (Fsp3) is 0.500. The van der Waals surface area contributed by atoms with Gasteiger partial charge in [-0.05, 0) is 12.5 Å². The van der Waals surface area contributed by atoms with Gasteiger partial charge in [0.15, 0.2) is 0 Å². The Morgan fingerprint density at radius 1 is 1.40 bits per heavy atom. The Labute approximate surface area is 90.7 Å². The highest BCUT2D eigenvalue weighted by Gasteiger charge is 2.22. The lowest BCUT2D eigenvalue weighted by atomic mass is 10.1. The summed E-state index contributed by atoms with van der Waals surface area (Å²) in [6, 6.07) is 10.3. The van der Waals surface area contributed by atoms with Crippen LogP contribution in [0.25, 0.3) is 0 Å². The molecule has 3 heteroatoms. The average molecular weight is 206 g/mol. The van der Waals surface area contributed by atoms with Crippen LogP contribution in [0.1, 0.15) is 18.7 Å². The molecule has 0 radical (unpaired) electrons. The van der Waals surface area contributed by atoms with Crippen LogP contribution in [0.15, 0.2) is 30.3 Å². The van der Waals surface area contributed by atoms with Gasteiger partial charge < -0.3 is 10.4 Å². The highest BCUT2D eigenvalue weighted by molar-refractivity contribution is 5.17. The molecule has 0 bridgehead atoms. The van der Waals surface area contributed by atoms with E-state index in [2.05, 4.69) is 17.1 Å². The van der Waals surface area contributed by atoms with Crippen LogP contribution in [0.5, 0.6) is 0 Å². The summed E-state index contributed by atoms with van der Waals surface area (Å²) in [5, 5.41) is 13.5. The van der Waals surface area contributed by atoms with E-state index in [4.69, 9.17) is 0 Å². The number of piperazine rings is 1. The molecular formula is C12H18N2O. The summed E-state index contributed by atoms with van der Waals surface area (Å²) < 4.78 is 0. The van der Waals surface area contributed by atoms with Gasteiger partial charge in [0, 0.05) is 25.7 Å². The fourth-order valence-corrected chi connectivity index (χ4v) is 2.02. The highest BCUT2D eigenvalue weighted by atomic mass is 16.3. The zero-order valence-electron chi connectivity index (χ0n) is 9.06. The van der Waals surface area contributed by atoms with E-state index in [-0.39, 0.29) is 0 Å². The van der Waals surface area contributed by atoms with Gasteiger partial charge in [0.2, 0.25) is 0 Å². The molecule has 15 heavy (non-hydrogen) atoms. The molecule has 0 saturated carbocycles. The van der Waals surface area contributed by atoms with Crippen molar-refractivity contribution in [1.29, 1.82) is 0 Å². The molecule has 2 N–H and O–H groups in total. The zero-order valence-corrected chi connectivity index (χ0v) is 9.06. The normalized spacial score (nSPS) is 25.1. The molecule has 1 aliphatic heterocycles. The molecule has 3 nitrogen and oxygen atoms in total. The van der Waals surface area contributed by atoms with E-state index in [1.54, 1.807) is 0 Å². The van der Waals surface area contributed by atoms with Crippen LogP contribution >= 0.6 is 0 Å². The molecule has 2 unspecified atom stereocenters. The van der Waals surface area contributed by atoms with E-state index in [1.165, 1.54) is 0 Å². The van der Waals surface area contributed by atoms with Crippen molar-refractivity contribution in [3.63, 3.8) is 0 Å². The van der Waals surface area contributed by atoms with E-state index >= 15 is 0 Å². The molecule has 2 atom stereocenters. The van der Waals surface area contributed by atoms with Gasteiger partial charge in [0.25, 0.3) is 0 Å². The monoisotopic (exact) mass is 206 g/mol. The van der Waals surface area contributed by atoms with E-state index < -0.39 is 6.23 Å². The third-order valence-electron chi connectivity index (χ3n) is 2.84. The fourth-order valence-electron chi connectivity index (χ4n) is 2.02. The summed E-state index contributed by atoms with van der Waals surface area (Å²) in [5.74, 6) is 0. The van der Waals surface area contributed by atoms with Crippen LogP contribution in [0, 0.1) is 0 Å². The Balaban J connectivity index is 2.04. The first-order valence-corrected chi connectivity index (χ1v) is 5.48. The Hall–Kier alpha value is -0.900. The maximum Gasteiger partial charge on any atom is 0.133 e. The van der Waals surface area contributed by atoms with Crippen molar-refractivity contribution < 1.29 is 5.11 Å². The molecule has 0 amide bonds. The quantitative estimate of drug-likeness (QED) is 0.757. The van der Waals surface area contributed by atoms with Gasteiger partial charge in [-0.2, -0.15) is 0 Å². The zero-order chi connectivity index (χ0) is 10.7. The predicted octanol–water partition coefficient (Wildman–Crippen LogP) is 0.971. The van der Waals surface area contributed by atoms with Crippen molar-refractivity contribution in [2.45, 2.75) is 19.2 Å². The van der Waals surface area contributed by atoms with E-state index in [1.807, 2.05) is 30.3 Å². The molecule has 1 fully saturated rings. The average Bonchev–Trinajstić information content (AvgIpc) is 2.29. The van der Waals surface area contributed by atoms with Gasteiger partial charge in [0.1, 0.15) is 6.23 Å². The van der Waals surface area contributed by atoms with Crippen LogP contribution in [0.4, 0.5) is 0 Å². The van der Waals surface area contributed by atoms with E-state index in [0.717, 1.165) is 25.2 Å². The predicted molar refractivity (Wildman–Crippen MR) is 60.4 cm³/mol. The molecule has 2 rings (SSSR count). The SMILES string of the molecule is CC1CN(C(O)c2ccccc2)CCN1. The second-order valence-corrected chi connectivity index (χ2v) is 4.13. The van der Waals surface area contributed by atoms with Gasteiger partial charge in [0.05, 0.1) is 0 Å². The minimum atomic E-state index is -0.462. The van der Waals surface area contributed by atoms with Crippen LogP contribution in [-0.2, 0) is 0 Å². The molecular weight excluding hydrogens is 188 g/mol. The number of aliphatic hydroxyl groups excluding tert-OH is 1. The Bertz CT molecular complexity index is 302. The number of nitrogens with zero attached hydrogens (tertiary/aromatic N) is 1. The lowest BCUT2D eigenvalue weighted by Gasteiger charge is -2.35. The first-order chi connectivity index (χ1) is 7.27. The molecule has 1 aliphatic rings. The second-order valence-electron chi connectivity index (χ2n) is 4.13. The van der Waals surface area contributed by atoms with Crippen molar-refractivity contribution in [2.24, 2.45) is 0 Å². The van der Waals surface area contributed by atoms with Gasteiger partial charge in [-0.25, -0.2) is 0 Å². The number of hydrogen-bond acceptors (Lipinski definition) is 3. The number of rotatable bonds is 2. The lowest BCUT2D eigenvalue weighted by Crippen LogP contribution is -2.50. The Kier molecular flexibility index (Phi) is 3.36. The Morgan fingerprint density at radius 2 is 2.13 bits per heavy atom. The topological polar surface area (TPSA) is 35.5 Å². The molecule has 1 aromatic carbocycles. The minimum absolute atomic E-state index is 0.456. The molecule has 0 aromatic heterocycles. The molecule has 0 aliphatic carbocycles. The van der Waals surface area contributed by atoms with Crippen molar-refractivity contribution in [1.82, 2.24) is 10.2 Å². The Morgan fingerprint density at radius 3 is 2.80 bits per heavy atom.